The number of anilines is 1. The average molecular weight is 186 g/mol. The third kappa shape index (κ3) is 1.16. The molecule has 0 fully saturated rings. The molecule has 0 saturated heterocycles. The minimum absolute atomic E-state index is 0.128. The van der Waals surface area contributed by atoms with E-state index in [1.807, 2.05) is 0 Å². The van der Waals surface area contributed by atoms with Gasteiger partial charge in [-0.2, -0.15) is 5.26 Å². The highest BCUT2D eigenvalue weighted by molar-refractivity contribution is 5.99. The van der Waals surface area contributed by atoms with Crippen molar-refractivity contribution in [2.45, 2.75) is 19.3 Å². The van der Waals surface area contributed by atoms with Crippen molar-refractivity contribution in [2.24, 2.45) is 0 Å². The van der Waals surface area contributed by atoms with Crippen LogP contribution in [0.3, 0.4) is 0 Å². The highest BCUT2D eigenvalue weighted by Gasteiger charge is 2.20. The summed E-state index contributed by atoms with van der Waals surface area (Å²) in [7, 11) is 0. The number of rotatable bonds is 0. The fraction of sp³-hybridized carbons (Fsp3) is 0.273. The summed E-state index contributed by atoms with van der Waals surface area (Å²) < 4.78 is 0. The molecular formula is C11H10N2O. The van der Waals surface area contributed by atoms with E-state index in [0.29, 0.717) is 23.2 Å². The molecule has 0 spiro atoms. The number of nitriles is 1. The highest BCUT2D eigenvalue weighted by Crippen LogP contribution is 2.27. The van der Waals surface area contributed by atoms with E-state index < -0.39 is 0 Å². The van der Waals surface area contributed by atoms with Crippen LogP contribution in [0.15, 0.2) is 12.1 Å². The van der Waals surface area contributed by atoms with Gasteiger partial charge in [0.1, 0.15) is 6.07 Å². The van der Waals surface area contributed by atoms with E-state index in [1.54, 1.807) is 12.1 Å². The smallest absolute Gasteiger partial charge is 0.163 e. The molecule has 2 N–H and O–H groups in total. The number of nitrogens with zero attached hydrogens (tertiary/aromatic N) is 1. The molecule has 1 aromatic rings. The fourth-order valence-electron chi connectivity index (χ4n) is 1.88. The molecule has 70 valence electrons. The molecule has 2 rings (SSSR count). The maximum absolute atomic E-state index is 11.5. The predicted molar refractivity (Wildman–Crippen MR) is 52.8 cm³/mol. The summed E-state index contributed by atoms with van der Waals surface area (Å²) in [6, 6.07) is 5.44. The van der Waals surface area contributed by atoms with Crippen LogP contribution < -0.4 is 5.73 Å². The van der Waals surface area contributed by atoms with Crippen molar-refractivity contribution in [1.82, 2.24) is 0 Å². The summed E-state index contributed by atoms with van der Waals surface area (Å²) in [4.78, 5) is 11.5. The van der Waals surface area contributed by atoms with Gasteiger partial charge in [-0.1, -0.05) is 0 Å². The van der Waals surface area contributed by atoms with Crippen molar-refractivity contribution in [3.05, 3.63) is 28.8 Å². The Morgan fingerprint density at radius 3 is 2.86 bits per heavy atom. The molecule has 0 amide bonds. The van der Waals surface area contributed by atoms with Crippen molar-refractivity contribution in [3.8, 4) is 6.07 Å². The van der Waals surface area contributed by atoms with E-state index in [9.17, 15) is 4.79 Å². The van der Waals surface area contributed by atoms with E-state index in [4.69, 9.17) is 11.0 Å². The topological polar surface area (TPSA) is 66.9 Å². The second-order valence-electron chi connectivity index (χ2n) is 3.44. The maximum Gasteiger partial charge on any atom is 0.163 e. The predicted octanol–water partition coefficient (Wildman–Crippen LogP) is 1.66. The first-order valence-corrected chi connectivity index (χ1v) is 4.58. The lowest BCUT2D eigenvalue weighted by molar-refractivity contribution is 0.0972. The van der Waals surface area contributed by atoms with Crippen LogP contribution in [0.5, 0.6) is 0 Å². The monoisotopic (exact) mass is 186 g/mol. The molecule has 0 aromatic heterocycles. The van der Waals surface area contributed by atoms with Crippen molar-refractivity contribution in [1.29, 1.82) is 5.26 Å². The van der Waals surface area contributed by atoms with Gasteiger partial charge in [-0.15, -0.1) is 0 Å². The van der Waals surface area contributed by atoms with Gasteiger partial charge in [0.2, 0.25) is 0 Å². The van der Waals surface area contributed by atoms with Gasteiger partial charge in [0.25, 0.3) is 0 Å². The van der Waals surface area contributed by atoms with Crippen molar-refractivity contribution >= 4 is 11.5 Å². The molecule has 0 atom stereocenters. The molecule has 0 bridgehead atoms. The van der Waals surface area contributed by atoms with Crippen molar-refractivity contribution < 1.29 is 4.79 Å². The Balaban J connectivity index is 2.69. The highest BCUT2D eigenvalue weighted by atomic mass is 16.1. The fourth-order valence-corrected chi connectivity index (χ4v) is 1.88. The second-order valence-corrected chi connectivity index (χ2v) is 3.44. The van der Waals surface area contributed by atoms with Crippen LogP contribution in [0.25, 0.3) is 0 Å². The Labute approximate surface area is 82.1 Å². The van der Waals surface area contributed by atoms with Crippen LogP contribution in [0.4, 0.5) is 5.69 Å². The summed E-state index contributed by atoms with van der Waals surface area (Å²) >= 11 is 0. The van der Waals surface area contributed by atoms with Crippen LogP contribution >= 0.6 is 0 Å². The van der Waals surface area contributed by atoms with Crippen molar-refractivity contribution in [2.75, 3.05) is 5.73 Å². The van der Waals surface area contributed by atoms with E-state index in [1.165, 1.54) is 0 Å². The first kappa shape index (κ1) is 8.76. The molecule has 3 heteroatoms. The van der Waals surface area contributed by atoms with Crippen LogP contribution in [0.1, 0.15) is 34.3 Å². The number of hydrogen-bond acceptors (Lipinski definition) is 3. The number of fused-ring (bicyclic) bond motifs is 1. The lowest BCUT2D eigenvalue weighted by Crippen LogP contribution is -2.13. The number of Topliss-reactive ketones (excluding diaryl/α,β-unsaturated/α-hetero) is 1. The summed E-state index contributed by atoms with van der Waals surface area (Å²) in [5.41, 5.74) is 8.14. The summed E-state index contributed by atoms with van der Waals surface area (Å²) in [5, 5.41) is 8.92. The number of hydrogen-bond donors (Lipinski definition) is 1. The van der Waals surface area contributed by atoms with Crippen molar-refractivity contribution in [3.63, 3.8) is 0 Å². The van der Waals surface area contributed by atoms with Crippen LogP contribution in [0.2, 0.25) is 0 Å². The third-order valence-corrected chi connectivity index (χ3v) is 2.59. The van der Waals surface area contributed by atoms with Gasteiger partial charge in [0.05, 0.1) is 5.56 Å². The molecule has 0 saturated carbocycles. The lowest BCUT2D eigenvalue weighted by Gasteiger charge is -2.16. The van der Waals surface area contributed by atoms with E-state index in [2.05, 4.69) is 6.07 Å². The number of ketones is 1. The molecule has 1 aliphatic carbocycles. The van der Waals surface area contributed by atoms with Gasteiger partial charge in [-0.3, -0.25) is 4.79 Å². The Morgan fingerprint density at radius 1 is 1.36 bits per heavy atom. The Kier molecular flexibility index (Phi) is 1.97. The molecule has 0 unspecified atom stereocenters. The first-order valence-electron chi connectivity index (χ1n) is 4.58. The van der Waals surface area contributed by atoms with E-state index in [0.717, 1.165) is 18.4 Å². The van der Waals surface area contributed by atoms with E-state index in [-0.39, 0.29) is 5.78 Å². The zero-order valence-electron chi connectivity index (χ0n) is 7.71. The van der Waals surface area contributed by atoms with Gasteiger partial charge in [0, 0.05) is 17.7 Å². The number of carbonyl (C=O) groups excluding carboxylic acids is 1. The SMILES string of the molecule is N#Cc1c(N)ccc2c1CCCC2=O. The molecule has 3 nitrogen and oxygen atoms in total. The zero-order valence-corrected chi connectivity index (χ0v) is 7.71. The second kappa shape index (κ2) is 3.15. The molecule has 1 aliphatic rings. The minimum Gasteiger partial charge on any atom is -0.398 e. The third-order valence-electron chi connectivity index (χ3n) is 2.59. The first-order chi connectivity index (χ1) is 6.74. The Hall–Kier alpha value is -1.82. The summed E-state index contributed by atoms with van der Waals surface area (Å²) in [5.74, 6) is 0.128. The number of carbonyl (C=O) groups is 1. The Bertz CT molecular complexity index is 443. The molecule has 14 heavy (non-hydrogen) atoms. The van der Waals surface area contributed by atoms with Crippen LogP contribution in [0, 0.1) is 11.3 Å². The van der Waals surface area contributed by atoms with E-state index >= 15 is 0 Å². The summed E-state index contributed by atoms with van der Waals surface area (Å²) in [6.07, 6.45) is 2.20. The minimum atomic E-state index is 0.128. The van der Waals surface area contributed by atoms with Gasteiger partial charge in [0.15, 0.2) is 5.78 Å². The quantitative estimate of drug-likeness (QED) is 0.626. The Morgan fingerprint density at radius 2 is 2.14 bits per heavy atom. The van der Waals surface area contributed by atoms with Gasteiger partial charge < -0.3 is 5.73 Å². The number of benzene rings is 1. The van der Waals surface area contributed by atoms with Gasteiger partial charge >= 0.3 is 0 Å². The molecule has 0 heterocycles. The maximum atomic E-state index is 11.5. The normalized spacial score (nSPS) is 14.6. The largest absolute Gasteiger partial charge is 0.398 e. The van der Waals surface area contributed by atoms with Gasteiger partial charge in [-0.05, 0) is 30.5 Å². The number of nitrogen functional groups attached to an aromatic ring is 1. The van der Waals surface area contributed by atoms with Crippen LogP contribution in [-0.2, 0) is 6.42 Å². The molecule has 0 aliphatic heterocycles. The molecule has 1 aromatic carbocycles. The molecule has 0 radical (unpaired) electrons. The zero-order chi connectivity index (χ0) is 10.1. The standard InChI is InChI=1S/C11H10N2O/c12-6-9-7-2-1-3-11(14)8(7)4-5-10(9)13/h4-5H,1-3,13H2. The lowest BCUT2D eigenvalue weighted by atomic mass is 9.87. The average Bonchev–Trinajstić information content (AvgIpc) is 2.18. The van der Waals surface area contributed by atoms with Crippen LogP contribution in [-0.4, -0.2) is 5.78 Å². The molecular weight excluding hydrogens is 176 g/mol. The summed E-state index contributed by atoms with van der Waals surface area (Å²) in [6.45, 7) is 0. The van der Waals surface area contributed by atoms with Gasteiger partial charge in [-0.25, -0.2) is 0 Å². The number of nitrogens with two attached hydrogens (primary N) is 1.